The molecule has 0 N–H and O–H groups in total. The number of benzene rings is 5. The normalized spacial score (nSPS) is 12.2. The fourth-order valence-electron chi connectivity index (χ4n) is 5.23. The van der Waals surface area contributed by atoms with Crippen LogP contribution in [-0.4, -0.2) is 102 Å². The first-order valence-corrected chi connectivity index (χ1v) is 20.7. The highest BCUT2D eigenvalue weighted by molar-refractivity contribution is 5.91. The maximum atomic E-state index is 12.6. The van der Waals surface area contributed by atoms with E-state index < -0.39 is 36.1 Å². The minimum absolute atomic E-state index is 0.0162. The van der Waals surface area contributed by atoms with E-state index in [1.165, 1.54) is 0 Å². The fourth-order valence-corrected chi connectivity index (χ4v) is 5.23. The Kier molecular flexibility index (Phi) is 20.6. The molecule has 0 spiro atoms. The maximum absolute atomic E-state index is 12.6. The van der Waals surface area contributed by atoms with Gasteiger partial charge in [-0.3, -0.25) is 0 Å². The van der Waals surface area contributed by atoms with Crippen LogP contribution in [0.5, 0.6) is 23.0 Å². The van der Waals surface area contributed by atoms with Gasteiger partial charge in [0.05, 0.1) is 47.2 Å². The van der Waals surface area contributed by atoms with Crippen LogP contribution >= 0.6 is 0 Å². The van der Waals surface area contributed by atoms with Gasteiger partial charge in [-0.05, 0) is 118 Å². The fraction of sp³-hybridized carbons (Fsp3) is 0.306. The number of ether oxygens (including phenoxy) is 12. The van der Waals surface area contributed by atoms with E-state index in [1.54, 1.807) is 118 Å². The predicted molar refractivity (Wildman–Crippen MR) is 233 cm³/mol. The smallest absolute Gasteiger partial charge is 0.338 e. The van der Waals surface area contributed by atoms with Gasteiger partial charge in [-0.2, -0.15) is 0 Å². The number of hydrogen-bond donors (Lipinski definition) is 0. The molecule has 0 aromatic heterocycles. The van der Waals surface area contributed by atoms with Gasteiger partial charge in [0, 0.05) is 0 Å². The third kappa shape index (κ3) is 18.3. The molecule has 0 aliphatic carbocycles. The Morgan fingerprint density at radius 3 is 1.05 bits per heavy atom. The van der Waals surface area contributed by atoms with Crippen LogP contribution in [0.15, 0.2) is 133 Å². The van der Waals surface area contributed by atoms with E-state index in [4.69, 9.17) is 56.8 Å². The molecule has 16 nitrogen and oxygen atoms in total. The predicted octanol–water partition coefficient (Wildman–Crippen LogP) is 7.69. The van der Waals surface area contributed by atoms with Gasteiger partial charge < -0.3 is 56.8 Å². The van der Waals surface area contributed by atoms with Gasteiger partial charge in [0.1, 0.15) is 49.4 Å². The van der Waals surface area contributed by atoms with Crippen molar-refractivity contribution in [2.75, 3.05) is 60.2 Å². The number of rotatable bonds is 28. The summed E-state index contributed by atoms with van der Waals surface area (Å²) in [6.07, 6.45) is -1.31. The Labute approximate surface area is 377 Å². The molecule has 3 unspecified atom stereocenters. The molecule has 344 valence electrons. The molecule has 0 radical (unpaired) electrons. The van der Waals surface area contributed by atoms with E-state index >= 15 is 0 Å². The second-order valence-electron chi connectivity index (χ2n) is 14.1. The van der Waals surface area contributed by atoms with Crippen LogP contribution in [0.4, 0.5) is 0 Å². The maximum Gasteiger partial charge on any atom is 0.338 e. The van der Waals surface area contributed by atoms with Gasteiger partial charge in [-0.1, -0.05) is 36.4 Å². The molecule has 0 bridgehead atoms. The van der Waals surface area contributed by atoms with Gasteiger partial charge in [-0.25, -0.2) is 19.2 Å². The summed E-state index contributed by atoms with van der Waals surface area (Å²) in [6.45, 7) is 5.23. The second-order valence-corrected chi connectivity index (χ2v) is 14.1. The highest BCUT2D eigenvalue weighted by atomic mass is 16.7. The SMILES string of the molecule is CC(COC(=O)c1ccc(OCOCCOC(=O)c2ccccc2)cc1)OCOc1ccc(C(=O)OCC(C)OCOc2ccc(C(=O)OCC(C)OCOc3ccccc3)cc2)cc1. The van der Waals surface area contributed by atoms with E-state index in [-0.39, 0.29) is 66.3 Å². The molecule has 16 heteroatoms. The third-order valence-electron chi connectivity index (χ3n) is 8.87. The van der Waals surface area contributed by atoms with Crippen molar-refractivity contribution in [3.05, 3.63) is 156 Å². The van der Waals surface area contributed by atoms with Crippen molar-refractivity contribution >= 4 is 23.9 Å². The van der Waals surface area contributed by atoms with Crippen LogP contribution in [0.3, 0.4) is 0 Å². The van der Waals surface area contributed by atoms with Crippen molar-refractivity contribution < 1.29 is 76.0 Å². The van der Waals surface area contributed by atoms with Crippen LogP contribution in [0.2, 0.25) is 0 Å². The molecule has 0 fully saturated rings. The molecular formula is C49H52O16. The lowest BCUT2D eigenvalue weighted by atomic mass is 10.2. The van der Waals surface area contributed by atoms with Crippen LogP contribution in [-0.2, 0) is 37.9 Å². The zero-order chi connectivity index (χ0) is 46.1. The summed E-state index contributed by atoms with van der Waals surface area (Å²) in [4.78, 5) is 49.5. The summed E-state index contributed by atoms with van der Waals surface area (Å²) < 4.78 is 65.6. The highest BCUT2D eigenvalue weighted by Crippen LogP contribution is 2.17. The van der Waals surface area contributed by atoms with Crippen molar-refractivity contribution in [2.24, 2.45) is 0 Å². The van der Waals surface area contributed by atoms with Crippen molar-refractivity contribution in [1.29, 1.82) is 0 Å². The van der Waals surface area contributed by atoms with Gasteiger partial charge in [0.2, 0.25) is 0 Å². The lowest BCUT2D eigenvalue weighted by Crippen LogP contribution is -2.21. The number of para-hydroxylation sites is 1. The lowest BCUT2D eigenvalue weighted by molar-refractivity contribution is -0.0548. The number of carbonyl (C=O) groups excluding carboxylic acids is 4. The molecule has 0 aliphatic heterocycles. The van der Waals surface area contributed by atoms with Crippen molar-refractivity contribution in [2.45, 2.75) is 39.1 Å². The van der Waals surface area contributed by atoms with E-state index in [0.29, 0.717) is 45.3 Å². The largest absolute Gasteiger partial charge is 0.468 e. The third-order valence-corrected chi connectivity index (χ3v) is 8.87. The summed E-state index contributed by atoms with van der Waals surface area (Å²) in [5, 5.41) is 0. The standard InChI is InChI=1S/C49H52O16/c1-35(59-32-63-42-12-8-5-9-13-42)28-56-48(52)40-16-22-44(23-17-40)65-34-61-37(3)30-58-49(53)41-18-24-45(25-19-41)64-33-60-36(2)29-57-47(51)39-14-20-43(21-15-39)62-31-54-26-27-55-46(50)38-10-6-4-7-11-38/h4-25,35-37H,26-34H2,1-3H3. The molecule has 0 aliphatic rings. The van der Waals surface area contributed by atoms with Crippen molar-refractivity contribution in [3.63, 3.8) is 0 Å². The van der Waals surface area contributed by atoms with E-state index in [1.807, 2.05) is 36.4 Å². The number of hydrogen-bond acceptors (Lipinski definition) is 16. The zero-order valence-corrected chi connectivity index (χ0v) is 36.3. The number of carbonyl (C=O) groups is 4. The monoisotopic (exact) mass is 896 g/mol. The van der Waals surface area contributed by atoms with Crippen molar-refractivity contribution in [3.8, 4) is 23.0 Å². The quantitative estimate of drug-likeness (QED) is 0.0206. The van der Waals surface area contributed by atoms with Crippen LogP contribution in [0.1, 0.15) is 62.2 Å². The summed E-state index contributed by atoms with van der Waals surface area (Å²) in [5.74, 6) is 0.0705. The summed E-state index contributed by atoms with van der Waals surface area (Å²) in [7, 11) is 0. The summed E-state index contributed by atoms with van der Waals surface area (Å²) >= 11 is 0. The summed E-state index contributed by atoms with van der Waals surface area (Å²) in [6, 6.07) is 37.0. The van der Waals surface area contributed by atoms with E-state index in [2.05, 4.69) is 0 Å². The average Bonchev–Trinajstić information content (AvgIpc) is 3.34. The van der Waals surface area contributed by atoms with Gasteiger partial charge in [-0.15, -0.1) is 0 Å². The molecule has 0 saturated heterocycles. The molecule has 0 saturated carbocycles. The van der Waals surface area contributed by atoms with Crippen LogP contribution in [0, 0.1) is 0 Å². The van der Waals surface area contributed by atoms with Gasteiger partial charge in [0.15, 0.2) is 27.2 Å². The summed E-state index contributed by atoms with van der Waals surface area (Å²) in [5.41, 5.74) is 1.45. The first kappa shape index (κ1) is 49.0. The lowest BCUT2D eigenvalue weighted by Gasteiger charge is -2.15. The van der Waals surface area contributed by atoms with Gasteiger partial charge in [0.25, 0.3) is 0 Å². The highest BCUT2D eigenvalue weighted by Gasteiger charge is 2.15. The Morgan fingerprint density at radius 2 is 0.662 bits per heavy atom. The van der Waals surface area contributed by atoms with Crippen LogP contribution < -0.4 is 18.9 Å². The average molecular weight is 897 g/mol. The second kappa shape index (κ2) is 27.3. The molecule has 0 amide bonds. The Hall–Kier alpha value is -6.98. The Bertz CT molecular complexity index is 2170. The molecule has 65 heavy (non-hydrogen) atoms. The first-order valence-electron chi connectivity index (χ1n) is 20.7. The minimum atomic E-state index is -0.546. The van der Waals surface area contributed by atoms with Gasteiger partial charge >= 0.3 is 23.9 Å². The number of esters is 4. The van der Waals surface area contributed by atoms with Crippen molar-refractivity contribution in [1.82, 2.24) is 0 Å². The Balaban J connectivity index is 0.869. The molecule has 5 aromatic carbocycles. The molecule has 0 heterocycles. The first-order chi connectivity index (χ1) is 31.6. The Morgan fingerprint density at radius 1 is 0.354 bits per heavy atom. The molecule has 3 atom stereocenters. The zero-order valence-electron chi connectivity index (χ0n) is 36.3. The van der Waals surface area contributed by atoms with Crippen LogP contribution in [0.25, 0.3) is 0 Å². The van der Waals surface area contributed by atoms with E-state index in [9.17, 15) is 19.2 Å². The molecule has 5 aromatic rings. The minimum Gasteiger partial charge on any atom is -0.468 e. The topological polar surface area (TPSA) is 179 Å². The van der Waals surface area contributed by atoms with E-state index in [0.717, 1.165) is 0 Å². The molecule has 5 rings (SSSR count). The molecular weight excluding hydrogens is 845 g/mol.